The van der Waals surface area contributed by atoms with Crippen molar-refractivity contribution in [2.45, 2.75) is 97.1 Å². The van der Waals surface area contributed by atoms with Crippen LogP contribution in [0.4, 0.5) is 0 Å². The lowest BCUT2D eigenvalue weighted by Gasteiger charge is -2.41. The molecule has 6 heteroatoms. The van der Waals surface area contributed by atoms with E-state index in [4.69, 9.17) is 9.47 Å². The lowest BCUT2D eigenvalue weighted by Crippen LogP contribution is -2.58. The number of aliphatic hydroxyl groups excluding tert-OH is 3. The number of ether oxygens (including phenoxy) is 2. The number of aliphatic hydroxyl groups is 3. The van der Waals surface area contributed by atoms with E-state index in [1.807, 2.05) is 20.8 Å². The van der Waals surface area contributed by atoms with Crippen LogP contribution >= 0.6 is 0 Å². The number of allylic oxidation sites excluding steroid dienone is 2. The molecule has 0 amide bonds. The number of hydrogen-bond acceptors (Lipinski definition) is 6. The highest BCUT2D eigenvalue weighted by atomic mass is 16.7. The van der Waals surface area contributed by atoms with E-state index < -0.39 is 30.7 Å². The third-order valence-corrected chi connectivity index (χ3v) is 6.06. The Balaban J connectivity index is 1.93. The molecular weight excluding hydrogens is 348 g/mol. The summed E-state index contributed by atoms with van der Waals surface area (Å²) in [6.45, 7) is 9.84. The quantitative estimate of drug-likeness (QED) is 0.623. The monoisotopic (exact) mass is 384 g/mol. The van der Waals surface area contributed by atoms with Gasteiger partial charge in [0.25, 0.3) is 0 Å². The molecule has 2 rings (SSSR count). The summed E-state index contributed by atoms with van der Waals surface area (Å²) in [4.78, 5) is 12.3. The van der Waals surface area contributed by atoms with Gasteiger partial charge in [-0.25, -0.2) is 0 Å². The Hall–Kier alpha value is -0.790. The van der Waals surface area contributed by atoms with Crippen LogP contribution in [0.5, 0.6) is 0 Å². The molecule has 0 aromatic heterocycles. The minimum absolute atomic E-state index is 0.0648. The summed E-state index contributed by atoms with van der Waals surface area (Å²) in [5, 5.41) is 30.0. The van der Waals surface area contributed by atoms with Crippen LogP contribution in [0.1, 0.15) is 60.3 Å². The zero-order valence-corrected chi connectivity index (χ0v) is 17.2. The molecule has 0 saturated carbocycles. The second kappa shape index (κ2) is 9.61. The highest BCUT2D eigenvalue weighted by Crippen LogP contribution is 2.31. The van der Waals surface area contributed by atoms with Crippen LogP contribution in [-0.2, 0) is 14.3 Å². The Morgan fingerprint density at radius 2 is 1.81 bits per heavy atom. The van der Waals surface area contributed by atoms with Crippen molar-refractivity contribution in [3.05, 3.63) is 11.6 Å². The first-order valence-electron chi connectivity index (χ1n) is 10.2. The summed E-state index contributed by atoms with van der Waals surface area (Å²) in [7, 11) is 0. The van der Waals surface area contributed by atoms with E-state index in [0.29, 0.717) is 0 Å². The Morgan fingerprint density at radius 3 is 2.41 bits per heavy atom. The number of ketones is 1. The van der Waals surface area contributed by atoms with Gasteiger partial charge in [0.15, 0.2) is 12.1 Å². The molecule has 0 spiro atoms. The van der Waals surface area contributed by atoms with Crippen molar-refractivity contribution in [3.63, 3.8) is 0 Å². The molecule has 156 valence electrons. The first-order chi connectivity index (χ1) is 12.6. The lowest BCUT2D eigenvalue weighted by atomic mass is 9.78. The van der Waals surface area contributed by atoms with E-state index >= 15 is 0 Å². The van der Waals surface area contributed by atoms with Crippen LogP contribution in [0.15, 0.2) is 11.6 Å². The largest absolute Gasteiger partial charge is 0.388 e. The van der Waals surface area contributed by atoms with E-state index in [1.165, 1.54) is 0 Å². The molecule has 3 N–H and O–H groups in total. The zero-order chi connectivity index (χ0) is 20.3. The van der Waals surface area contributed by atoms with Crippen LogP contribution in [-0.4, -0.2) is 57.9 Å². The topological polar surface area (TPSA) is 96.2 Å². The van der Waals surface area contributed by atoms with Gasteiger partial charge in [-0.2, -0.15) is 0 Å². The summed E-state index contributed by atoms with van der Waals surface area (Å²) in [6.07, 6.45) is -0.223. The summed E-state index contributed by atoms with van der Waals surface area (Å²) < 4.78 is 11.6. The van der Waals surface area contributed by atoms with Crippen molar-refractivity contribution in [2.24, 2.45) is 17.8 Å². The van der Waals surface area contributed by atoms with Crippen molar-refractivity contribution in [3.8, 4) is 0 Å². The van der Waals surface area contributed by atoms with E-state index in [-0.39, 0.29) is 29.6 Å². The number of rotatable bonds is 7. The fourth-order valence-corrected chi connectivity index (χ4v) is 4.00. The maximum absolute atomic E-state index is 12.3. The molecule has 0 bridgehead atoms. The van der Waals surface area contributed by atoms with Gasteiger partial charge >= 0.3 is 0 Å². The molecule has 1 fully saturated rings. The van der Waals surface area contributed by atoms with E-state index in [2.05, 4.69) is 6.92 Å². The summed E-state index contributed by atoms with van der Waals surface area (Å²) in [5.74, 6) is 0.743. The Bertz CT molecular complexity index is 531. The average molecular weight is 385 g/mol. The van der Waals surface area contributed by atoms with Crippen LogP contribution in [0.2, 0.25) is 0 Å². The molecule has 1 saturated heterocycles. The molecule has 1 heterocycles. The summed E-state index contributed by atoms with van der Waals surface area (Å²) in [5.41, 5.74) is 1.16. The van der Waals surface area contributed by atoms with Gasteiger partial charge in [-0.15, -0.1) is 0 Å². The highest BCUT2D eigenvalue weighted by Gasteiger charge is 2.43. The van der Waals surface area contributed by atoms with Crippen LogP contribution < -0.4 is 0 Å². The van der Waals surface area contributed by atoms with Crippen molar-refractivity contribution in [1.82, 2.24) is 0 Å². The maximum atomic E-state index is 12.3. The second-order valence-electron chi connectivity index (χ2n) is 8.69. The maximum Gasteiger partial charge on any atom is 0.186 e. The summed E-state index contributed by atoms with van der Waals surface area (Å²) in [6, 6.07) is 0. The van der Waals surface area contributed by atoms with Gasteiger partial charge in [0.05, 0.1) is 12.2 Å². The van der Waals surface area contributed by atoms with E-state index in [1.54, 1.807) is 13.0 Å². The third-order valence-electron chi connectivity index (χ3n) is 6.06. The van der Waals surface area contributed by atoms with Crippen LogP contribution in [0.3, 0.4) is 0 Å². The second-order valence-corrected chi connectivity index (χ2v) is 8.69. The molecule has 0 aromatic carbocycles. The third kappa shape index (κ3) is 5.61. The Kier molecular flexibility index (Phi) is 8.01. The van der Waals surface area contributed by atoms with Gasteiger partial charge in [-0.05, 0) is 57.4 Å². The molecule has 8 unspecified atom stereocenters. The predicted octanol–water partition coefficient (Wildman–Crippen LogP) is 2.20. The molecular formula is C21H36O6. The van der Waals surface area contributed by atoms with Gasteiger partial charge < -0.3 is 24.8 Å². The van der Waals surface area contributed by atoms with Gasteiger partial charge in [0, 0.05) is 5.92 Å². The minimum Gasteiger partial charge on any atom is -0.388 e. The number of carbonyl (C=O) groups is 1. The zero-order valence-electron chi connectivity index (χ0n) is 17.2. The molecule has 2 aliphatic rings. The van der Waals surface area contributed by atoms with Crippen molar-refractivity contribution in [2.75, 3.05) is 0 Å². The van der Waals surface area contributed by atoms with E-state index in [9.17, 15) is 20.1 Å². The normalized spacial score (nSPS) is 37.2. The molecule has 0 aromatic rings. The van der Waals surface area contributed by atoms with Crippen molar-refractivity contribution in [1.29, 1.82) is 0 Å². The smallest absolute Gasteiger partial charge is 0.186 e. The van der Waals surface area contributed by atoms with Gasteiger partial charge in [-0.3, -0.25) is 4.79 Å². The molecule has 1 aliphatic carbocycles. The molecule has 27 heavy (non-hydrogen) atoms. The van der Waals surface area contributed by atoms with Gasteiger partial charge in [0.1, 0.15) is 18.3 Å². The highest BCUT2D eigenvalue weighted by molar-refractivity contribution is 5.93. The minimum atomic E-state index is -1.29. The average Bonchev–Trinajstić information content (AvgIpc) is 2.60. The fraction of sp³-hybridized carbons (Fsp3) is 0.857. The molecule has 6 nitrogen and oxygen atoms in total. The van der Waals surface area contributed by atoms with Crippen LogP contribution in [0.25, 0.3) is 0 Å². The molecule has 8 atom stereocenters. The number of carbonyl (C=O) groups excluding carboxylic acids is 1. The fourth-order valence-electron chi connectivity index (χ4n) is 4.00. The Morgan fingerprint density at radius 1 is 1.15 bits per heavy atom. The molecule has 1 aliphatic heterocycles. The number of hydrogen-bond donors (Lipinski definition) is 3. The van der Waals surface area contributed by atoms with Crippen molar-refractivity contribution < 1.29 is 29.6 Å². The van der Waals surface area contributed by atoms with Gasteiger partial charge in [-0.1, -0.05) is 26.3 Å². The lowest BCUT2D eigenvalue weighted by molar-refractivity contribution is -0.307. The predicted molar refractivity (Wildman–Crippen MR) is 102 cm³/mol. The first kappa shape index (κ1) is 22.5. The van der Waals surface area contributed by atoms with E-state index in [0.717, 1.165) is 31.3 Å². The summed E-state index contributed by atoms with van der Waals surface area (Å²) >= 11 is 0. The standard InChI is InChI=1S/C21H36O6/c1-11(2)17(27-21-20(25)19(24)18(23)14(5)26-21)9-7-13(4)15-8-6-12(3)10-16(15)22/h10-11,13-15,17-21,23-25H,6-9H2,1-5H3. The van der Waals surface area contributed by atoms with Gasteiger partial charge in [0.2, 0.25) is 0 Å². The first-order valence-corrected chi connectivity index (χ1v) is 10.2. The SMILES string of the molecule is CC1=CC(=O)C(C(C)CCC(OC2OC(C)C(O)C(O)C2O)C(C)C)CC1. The van der Waals surface area contributed by atoms with Crippen molar-refractivity contribution >= 4 is 5.78 Å². The molecule has 0 radical (unpaired) electrons. The van der Waals surface area contributed by atoms with Crippen LogP contribution in [0, 0.1) is 17.8 Å². The Labute approximate surface area is 162 Å².